The lowest BCUT2D eigenvalue weighted by molar-refractivity contribution is 0.258. The molecular formula is C13H19BrClN. The van der Waals surface area contributed by atoms with E-state index in [2.05, 4.69) is 40.9 Å². The highest BCUT2D eigenvalue weighted by Crippen LogP contribution is 2.26. The third-order valence-electron chi connectivity index (χ3n) is 2.91. The summed E-state index contributed by atoms with van der Waals surface area (Å²) in [6.45, 7) is 3.31. The molecule has 0 saturated carbocycles. The van der Waals surface area contributed by atoms with Crippen molar-refractivity contribution in [3.05, 3.63) is 34.9 Å². The van der Waals surface area contributed by atoms with Gasteiger partial charge in [-0.05, 0) is 45.0 Å². The van der Waals surface area contributed by atoms with Gasteiger partial charge in [-0.25, -0.2) is 0 Å². The van der Waals surface area contributed by atoms with E-state index in [0.29, 0.717) is 6.04 Å². The molecular weight excluding hydrogens is 286 g/mol. The Balaban J connectivity index is 2.56. The Labute approximate surface area is 112 Å². The molecule has 0 radical (unpaired) electrons. The van der Waals surface area contributed by atoms with Crippen LogP contribution in [0.1, 0.15) is 31.4 Å². The normalized spacial score (nSPS) is 13.1. The molecule has 1 aromatic rings. The van der Waals surface area contributed by atoms with E-state index < -0.39 is 0 Å². The molecule has 0 fully saturated rings. The molecule has 0 N–H and O–H groups in total. The van der Waals surface area contributed by atoms with Gasteiger partial charge in [0.15, 0.2) is 0 Å². The van der Waals surface area contributed by atoms with Gasteiger partial charge in [0.25, 0.3) is 0 Å². The molecule has 0 aliphatic rings. The van der Waals surface area contributed by atoms with Crippen LogP contribution in [-0.2, 0) is 0 Å². The molecule has 1 aromatic carbocycles. The molecule has 0 heterocycles. The quantitative estimate of drug-likeness (QED) is 0.552. The number of unbranched alkanes of at least 4 members (excludes halogenated alkanes) is 1. The van der Waals surface area contributed by atoms with E-state index in [1.165, 1.54) is 18.4 Å². The van der Waals surface area contributed by atoms with Crippen LogP contribution in [0.2, 0.25) is 5.02 Å². The van der Waals surface area contributed by atoms with Crippen molar-refractivity contribution >= 4 is 27.5 Å². The number of rotatable bonds is 6. The van der Waals surface area contributed by atoms with Crippen molar-refractivity contribution in [2.75, 3.05) is 18.9 Å². The molecule has 0 spiro atoms. The summed E-state index contributed by atoms with van der Waals surface area (Å²) in [5.74, 6) is 0. The zero-order valence-electron chi connectivity index (χ0n) is 9.92. The predicted molar refractivity (Wildman–Crippen MR) is 75.5 cm³/mol. The van der Waals surface area contributed by atoms with Gasteiger partial charge in [-0.2, -0.15) is 0 Å². The first-order valence-corrected chi connectivity index (χ1v) is 7.17. The molecule has 3 heteroatoms. The maximum absolute atomic E-state index is 6.19. The van der Waals surface area contributed by atoms with Crippen LogP contribution in [-0.4, -0.2) is 23.8 Å². The molecule has 0 saturated heterocycles. The van der Waals surface area contributed by atoms with E-state index in [9.17, 15) is 0 Å². The summed E-state index contributed by atoms with van der Waals surface area (Å²) in [5.41, 5.74) is 1.21. The first kappa shape index (κ1) is 14.0. The first-order chi connectivity index (χ1) is 7.66. The second-order valence-electron chi connectivity index (χ2n) is 4.07. The SMILES string of the molecule is CC(c1ccccc1Cl)N(C)CCCCBr. The van der Waals surface area contributed by atoms with Gasteiger partial charge in [-0.1, -0.05) is 45.7 Å². The molecule has 0 aromatic heterocycles. The number of nitrogens with zero attached hydrogens (tertiary/aromatic N) is 1. The van der Waals surface area contributed by atoms with Crippen LogP contribution >= 0.6 is 27.5 Å². The fraction of sp³-hybridized carbons (Fsp3) is 0.538. The molecule has 1 unspecified atom stereocenters. The van der Waals surface area contributed by atoms with E-state index in [0.717, 1.165) is 16.9 Å². The lowest BCUT2D eigenvalue weighted by Gasteiger charge is -2.25. The van der Waals surface area contributed by atoms with E-state index in [4.69, 9.17) is 11.6 Å². The van der Waals surface area contributed by atoms with E-state index in [1.807, 2.05) is 18.2 Å². The van der Waals surface area contributed by atoms with Gasteiger partial charge < -0.3 is 0 Å². The Morgan fingerprint density at radius 3 is 2.62 bits per heavy atom. The number of alkyl halides is 1. The highest BCUT2D eigenvalue weighted by molar-refractivity contribution is 9.09. The van der Waals surface area contributed by atoms with E-state index >= 15 is 0 Å². The molecule has 90 valence electrons. The lowest BCUT2D eigenvalue weighted by Crippen LogP contribution is -2.23. The molecule has 1 nitrogen and oxygen atoms in total. The Morgan fingerprint density at radius 2 is 2.00 bits per heavy atom. The third-order valence-corrected chi connectivity index (χ3v) is 3.82. The Bertz CT molecular complexity index is 317. The topological polar surface area (TPSA) is 3.24 Å². The molecule has 0 aliphatic heterocycles. The van der Waals surface area contributed by atoms with Crippen LogP contribution in [0, 0.1) is 0 Å². The number of halogens is 2. The van der Waals surface area contributed by atoms with Gasteiger partial charge in [0.2, 0.25) is 0 Å². The second kappa shape index (κ2) is 7.31. The summed E-state index contributed by atoms with van der Waals surface area (Å²) in [4.78, 5) is 2.35. The van der Waals surface area contributed by atoms with Crippen LogP contribution in [0.15, 0.2) is 24.3 Å². The van der Waals surface area contributed by atoms with Gasteiger partial charge in [-0.15, -0.1) is 0 Å². The van der Waals surface area contributed by atoms with Crippen LogP contribution in [0.4, 0.5) is 0 Å². The standard InChI is InChI=1S/C13H19BrClN/c1-11(16(2)10-6-5-9-14)12-7-3-4-8-13(12)15/h3-4,7-8,11H,5-6,9-10H2,1-2H3. The van der Waals surface area contributed by atoms with Crippen molar-refractivity contribution in [1.82, 2.24) is 4.90 Å². The van der Waals surface area contributed by atoms with Crippen LogP contribution in [0.5, 0.6) is 0 Å². The van der Waals surface area contributed by atoms with Gasteiger partial charge in [0, 0.05) is 16.4 Å². The summed E-state index contributed by atoms with van der Waals surface area (Å²) >= 11 is 9.64. The van der Waals surface area contributed by atoms with Crippen LogP contribution in [0.25, 0.3) is 0 Å². The number of hydrogen-bond donors (Lipinski definition) is 0. The summed E-state index contributed by atoms with van der Waals surface area (Å²) in [7, 11) is 2.15. The zero-order valence-corrected chi connectivity index (χ0v) is 12.3. The largest absolute Gasteiger partial charge is 0.300 e. The van der Waals surface area contributed by atoms with Crippen molar-refractivity contribution in [3.63, 3.8) is 0 Å². The monoisotopic (exact) mass is 303 g/mol. The van der Waals surface area contributed by atoms with Crippen LogP contribution < -0.4 is 0 Å². The Hall–Kier alpha value is -0.0500. The summed E-state index contributed by atoms with van der Waals surface area (Å²) in [6.07, 6.45) is 2.44. The summed E-state index contributed by atoms with van der Waals surface area (Å²) in [5, 5.41) is 1.95. The predicted octanol–water partition coefficient (Wildman–Crippen LogP) is 4.51. The minimum Gasteiger partial charge on any atom is -0.300 e. The molecule has 1 rings (SSSR count). The molecule has 0 amide bonds. The van der Waals surface area contributed by atoms with Crippen LogP contribution in [0.3, 0.4) is 0 Å². The highest BCUT2D eigenvalue weighted by Gasteiger charge is 2.13. The number of hydrogen-bond acceptors (Lipinski definition) is 1. The van der Waals surface area contributed by atoms with Gasteiger partial charge >= 0.3 is 0 Å². The van der Waals surface area contributed by atoms with Gasteiger partial charge in [0.1, 0.15) is 0 Å². The smallest absolute Gasteiger partial charge is 0.0453 e. The van der Waals surface area contributed by atoms with Gasteiger partial charge in [-0.3, -0.25) is 4.90 Å². The molecule has 16 heavy (non-hydrogen) atoms. The average Bonchev–Trinajstić information content (AvgIpc) is 2.29. The minimum atomic E-state index is 0.379. The van der Waals surface area contributed by atoms with Crippen molar-refractivity contribution in [3.8, 4) is 0 Å². The Morgan fingerprint density at radius 1 is 1.31 bits per heavy atom. The maximum Gasteiger partial charge on any atom is 0.0453 e. The Kier molecular flexibility index (Phi) is 6.40. The number of benzene rings is 1. The summed E-state index contributed by atoms with van der Waals surface area (Å²) < 4.78 is 0. The maximum atomic E-state index is 6.19. The van der Waals surface area contributed by atoms with Crippen molar-refractivity contribution < 1.29 is 0 Å². The first-order valence-electron chi connectivity index (χ1n) is 5.67. The minimum absolute atomic E-state index is 0.379. The van der Waals surface area contributed by atoms with Crippen molar-refractivity contribution in [2.24, 2.45) is 0 Å². The molecule has 0 bridgehead atoms. The van der Waals surface area contributed by atoms with E-state index in [1.54, 1.807) is 0 Å². The van der Waals surface area contributed by atoms with E-state index in [-0.39, 0.29) is 0 Å². The average molecular weight is 305 g/mol. The second-order valence-corrected chi connectivity index (χ2v) is 5.27. The van der Waals surface area contributed by atoms with Crippen molar-refractivity contribution in [2.45, 2.75) is 25.8 Å². The lowest BCUT2D eigenvalue weighted by atomic mass is 10.1. The summed E-state index contributed by atoms with van der Waals surface area (Å²) in [6, 6.07) is 8.46. The van der Waals surface area contributed by atoms with Gasteiger partial charge in [0.05, 0.1) is 0 Å². The molecule has 1 atom stereocenters. The third kappa shape index (κ3) is 4.08. The fourth-order valence-corrected chi connectivity index (χ4v) is 2.39. The highest BCUT2D eigenvalue weighted by atomic mass is 79.9. The zero-order chi connectivity index (χ0) is 12.0. The van der Waals surface area contributed by atoms with Crippen molar-refractivity contribution in [1.29, 1.82) is 0 Å². The molecule has 0 aliphatic carbocycles. The fourth-order valence-electron chi connectivity index (χ4n) is 1.70.